The summed E-state index contributed by atoms with van der Waals surface area (Å²) in [6.07, 6.45) is 0. The van der Waals surface area contributed by atoms with Crippen LogP contribution in [0, 0.1) is 0 Å². The predicted molar refractivity (Wildman–Crippen MR) is 81.1 cm³/mol. The Kier molecular flexibility index (Phi) is 9.29. The molecule has 1 aromatic heterocycles. The average Bonchev–Trinajstić information content (AvgIpc) is 2.47. The third kappa shape index (κ3) is 6.06. The number of benzene rings is 1. The molecule has 0 bridgehead atoms. The molecule has 2 aromatic rings. The van der Waals surface area contributed by atoms with Gasteiger partial charge in [0.25, 0.3) is 0 Å². The Bertz CT molecular complexity index is 688. The number of hydrogen-bond acceptors (Lipinski definition) is 5. The number of aromatic nitrogens is 1. The third-order valence-electron chi connectivity index (χ3n) is 2.46. The first kappa shape index (κ1) is 21.8. The number of aromatic carboxylic acids is 2. The molecule has 9 heteroatoms. The second-order valence-corrected chi connectivity index (χ2v) is 3.94. The van der Waals surface area contributed by atoms with Crippen LogP contribution in [0.3, 0.4) is 0 Å². The number of carbonyl (C=O) groups is 3. The minimum absolute atomic E-state index is 0. The van der Waals surface area contributed by atoms with E-state index in [0.717, 1.165) is 12.1 Å². The van der Waals surface area contributed by atoms with E-state index in [1.807, 2.05) is 0 Å². The first-order valence-corrected chi connectivity index (χ1v) is 5.73. The topological polar surface area (TPSA) is 114 Å². The number of pyridine rings is 1. The van der Waals surface area contributed by atoms with Crippen molar-refractivity contribution in [2.75, 3.05) is 0 Å². The summed E-state index contributed by atoms with van der Waals surface area (Å²) in [6, 6.07) is 9.97. The van der Waals surface area contributed by atoms with Crippen LogP contribution in [0.4, 0.5) is 0 Å². The molecule has 0 fully saturated rings. The molecule has 0 amide bonds. The second-order valence-electron chi connectivity index (χ2n) is 3.94. The fraction of sp³-hybridized carbons (Fsp3) is 0. The molecule has 0 spiro atoms. The van der Waals surface area contributed by atoms with Crippen LogP contribution in [-0.2, 0) is 0 Å². The van der Waals surface area contributed by atoms with Gasteiger partial charge in [-0.2, -0.15) is 0 Å². The van der Waals surface area contributed by atoms with E-state index in [-0.39, 0.29) is 70.4 Å². The molecule has 0 saturated carbocycles. The molecule has 0 aliphatic carbocycles. The molecule has 0 unspecified atom stereocenters. The minimum atomic E-state index is -1.42. The van der Waals surface area contributed by atoms with E-state index in [2.05, 4.69) is 4.98 Å². The van der Waals surface area contributed by atoms with Gasteiger partial charge in [-0.25, -0.2) is 19.4 Å². The Balaban J connectivity index is 0.00000242. The van der Waals surface area contributed by atoms with E-state index in [0.29, 0.717) is 0 Å². The summed E-state index contributed by atoms with van der Waals surface area (Å²) in [5.41, 5.74) is -0.792. The van der Waals surface area contributed by atoms with E-state index in [4.69, 9.17) is 14.9 Å². The van der Waals surface area contributed by atoms with Crippen LogP contribution in [0.25, 0.3) is 0 Å². The van der Waals surface area contributed by atoms with E-state index in [1.165, 1.54) is 12.1 Å². The van der Waals surface area contributed by atoms with Crippen LogP contribution in [0.15, 0.2) is 42.5 Å². The summed E-state index contributed by atoms with van der Waals surface area (Å²) in [7, 11) is 0. The zero-order chi connectivity index (χ0) is 15.4. The summed E-state index contributed by atoms with van der Waals surface area (Å²) in [6.45, 7) is 0. The number of ether oxygens (including phenoxy) is 1. The Morgan fingerprint density at radius 1 is 0.870 bits per heavy atom. The molecule has 2 N–H and O–H groups in total. The van der Waals surface area contributed by atoms with Gasteiger partial charge in [-0.1, -0.05) is 18.2 Å². The van der Waals surface area contributed by atoms with Crippen LogP contribution in [0.2, 0.25) is 0 Å². The van der Waals surface area contributed by atoms with Crippen molar-refractivity contribution in [3.8, 4) is 5.75 Å². The monoisotopic (exact) mass is 333 g/mol. The molecule has 1 aromatic carbocycles. The number of hydrogen-bond donors (Lipinski definition) is 2. The molecule has 2 radical (unpaired) electrons. The SMILES string of the molecule is O=C(Oc1cc(C(=O)O)nc(C(=O)O)c1)c1ccccc1.[Na].[Na]. The summed E-state index contributed by atoms with van der Waals surface area (Å²) in [5.74, 6) is -3.77. The van der Waals surface area contributed by atoms with E-state index in [9.17, 15) is 14.4 Å². The first-order chi connectivity index (χ1) is 9.97. The van der Waals surface area contributed by atoms with Crippen LogP contribution in [0.5, 0.6) is 5.75 Å². The van der Waals surface area contributed by atoms with Crippen molar-refractivity contribution in [2.45, 2.75) is 0 Å². The quantitative estimate of drug-likeness (QED) is 0.632. The molecule has 7 nitrogen and oxygen atoms in total. The van der Waals surface area contributed by atoms with Gasteiger partial charge in [0.15, 0.2) is 11.4 Å². The fourth-order valence-electron chi connectivity index (χ4n) is 1.52. The van der Waals surface area contributed by atoms with Gasteiger partial charge in [0.1, 0.15) is 5.75 Å². The van der Waals surface area contributed by atoms with Crippen molar-refractivity contribution in [1.29, 1.82) is 0 Å². The average molecular weight is 333 g/mol. The molecule has 0 atom stereocenters. The maximum atomic E-state index is 11.8. The number of carbonyl (C=O) groups excluding carboxylic acids is 1. The van der Waals surface area contributed by atoms with Gasteiger partial charge in [-0.3, -0.25) is 0 Å². The molecule has 0 aliphatic rings. The summed E-state index contributed by atoms with van der Waals surface area (Å²) in [5, 5.41) is 17.7. The van der Waals surface area contributed by atoms with Gasteiger partial charge >= 0.3 is 17.9 Å². The van der Waals surface area contributed by atoms with Crippen LogP contribution in [0.1, 0.15) is 31.3 Å². The maximum Gasteiger partial charge on any atom is 0.354 e. The zero-order valence-corrected chi connectivity index (χ0v) is 16.5. The third-order valence-corrected chi connectivity index (χ3v) is 2.46. The Morgan fingerprint density at radius 3 is 1.78 bits per heavy atom. The molecular formula is C14H9NNa2O6. The molecule has 23 heavy (non-hydrogen) atoms. The predicted octanol–water partition coefficient (Wildman–Crippen LogP) is 0.936. The van der Waals surface area contributed by atoms with Gasteiger partial charge in [0.05, 0.1) is 5.56 Å². The van der Waals surface area contributed by atoms with Crippen molar-refractivity contribution >= 4 is 77.0 Å². The van der Waals surface area contributed by atoms with Gasteiger partial charge in [0, 0.05) is 71.2 Å². The molecule has 108 valence electrons. The number of carboxylic acids is 2. The van der Waals surface area contributed by atoms with E-state index in [1.54, 1.807) is 18.2 Å². The van der Waals surface area contributed by atoms with Gasteiger partial charge in [-0.15, -0.1) is 0 Å². The number of rotatable bonds is 4. The number of esters is 1. The van der Waals surface area contributed by atoms with Crippen molar-refractivity contribution < 1.29 is 29.3 Å². The summed E-state index contributed by atoms with van der Waals surface area (Å²) < 4.78 is 4.98. The number of carboxylic acid groups (broad SMARTS) is 2. The summed E-state index contributed by atoms with van der Waals surface area (Å²) >= 11 is 0. The van der Waals surface area contributed by atoms with Crippen molar-refractivity contribution in [3.63, 3.8) is 0 Å². The van der Waals surface area contributed by atoms with Crippen molar-refractivity contribution in [3.05, 3.63) is 59.4 Å². The summed E-state index contributed by atoms with van der Waals surface area (Å²) in [4.78, 5) is 37.0. The maximum absolute atomic E-state index is 11.8. The normalized spacial score (nSPS) is 9.04. The van der Waals surface area contributed by atoms with Crippen LogP contribution >= 0.6 is 0 Å². The largest absolute Gasteiger partial charge is 0.477 e. The van der Waals surface area contributed by atoms with E-state index < -0.39 is 29.3 Å². The fourth-order valence-corrected chi connectivity index (χ4v) is 1.52. The standard InChI is InChI=1S/C14H9NO6.2Na/c16-12(17)10-6-9(7-11(15-10)13(18)19)21-14(20)8-4-2-1-3-5-8;;/h1-7H,(H,16,17)(H,18,19);;. The second kappa shape index (κ2) is 9.82. The first-order valence-electron chi connectivity index (χ1n) is 5.73. The van der Waals surface area contributed by atoms with Gasteiger partial charge < -0.3 is 14.9 Å². The van der Waals surface area contributed by atoms with Crippen LogP contribution < -0.4 is 4.74 Å². The Labute approximate surface area is 175 Å². The molecular weight excluding hydrogens is 324 g/mol. The minimum Gasteiger partial charge on any atom is -0.477 e. The van der Waals surface area contributed by atoms with Crippen molar-refractivity contribution in [1.82, 2.24) is 4.98 Å². The van der Waals surface area contributed by atoms with Gasteiger partial charge in [-0.05, 0) is 12.1 Å². The Hall–Kier alpha value is -1.22. The molecule has 0 saturated heterocycles. The van der Waals surface area contributed by atoms with E-state index >= 15 is 0 Å². The molecule has 0 aliphatic heterocycles. The number of nitrogens with zero attached hydrogens (tertiary/aromatic N) is 1. The Morgan fingerprint density at radius 2 is 1.35 bits per heavy atom. The van der Waals surface area contributed by atoms with Gasteiger partial charge in [0.2, 0.25) is 0 Å². The molecule has 2 rings (SSSR count). The van der Waals surface area contributed by atoms with Crippen LogP contribution in [-0.4, -0.2) is 92.2 Å². The zero-order valence-electron chi connectivity index (χ0n) is 12.5. The smallest absolute Gasteiger partial charge is 0.354 e. The molecule has 1 heterocycles. The van der Waals surface area contributed by atoms with Crippen molar-refractivity contribution in [2.24, 2.45) is 0 Å².